The van der Waals surface area contributed by atoms with E-state index in [2.05, 4.69) is 54.4 Å². The molecule has 0 saturated carbocycles. The van der Waals surface area contributed by atoms with Gasteiger partial charge in [0.25, 0.3) is 0 Å². The van der Waals surface area contributed by atoms with E-state index in [1.807, 2.05) is 0 Å². The molecule has 14 rings (SSSR count). The van der Waals surface area contributed by atoms with Gasteiger partial charge in [-0.3, -0.25) is 68.2 Å². The topological polar surface area (TPSA) is 947 Å². The highest BCUT2D eigenvalue weighted by Crippen LogP contribution is 2.67. The Morgan fingerprint density at radius 3 is 1.01 bits per heavy atom. The first-order chi connectivity index (χ1) is 58.5. The van der Waals surface area contributed by atoms with Gasteiger partial charge in [-0.25, -0.2) is 67.3 Å². The summed E-state index contributed by atoms with van der Waals surface area (Å²) in [5.74, 6) is -2.05. The molecule has 6 aliphatic heterocycles. The van der Waals surface area contributed by atoms with E-state index in [9.17, 15) is 122 Å². The molecule has 14 heterocycles. The van der Waals surface area contributed by atoms with E-state index in [1.165, 1.54) is 0 Å². The van der Waals surface area contributed by atoms with Crippen LogP contribution < -0.4 is 57.2 Å². The summed E-state index contributed by atoms with van der Waals surface area (Å²) in [6, 6.07) is 3.86. The van der Waals surface area contributed by atoms with E-state index in [4.69, 9.17) is 99.0 Å². The molecular formula is C56H74N22O41P6. The first kappa shape index (κ1) is 92.7. The van der Waals surface area contributed by atoms with Crippen LogP contribution in [0.1, 0.15) is 37.4 Å². The summed E-state index contributed by atoms with van der Waals surface area (Å²) in [6.45, 7) is -9.22. The van der Waals surface area contributed by atoms with Gasteiger partial charge in [0.1, 0.15) is 145 Å². The monoisotopic (exact) mass is 1900 g/mol. The number of nitrogen functional groups attached to an aromatic ring is 6. The average molecular weight is 1900 g/mol. The quantitative estimate of drug-likeness (QED) is 0.0174. The third-order valence-electron chi connectivity index (χ3n) is 20.1. The van der Waals surface area contributed by atoms with Crippen LogP contribution in [0.5, 0.6) is 0 Å². The second-order valence-electron chi connectivity index (χ2n) is 28.0. The van der Waals surface area contributed by atoms with Crippen molar-refractivity contribution in [1.29, 1.82) is 0 Å². The molecule has 0 radical (unpaired) electrons. The Hall–Kier alpha value is -8.44. The van der Waals surface area contributed by atoms with Gasteiger partial charge in [0, 0.05) is 24.8 Å². The van der Waals surface area contributed by atoms with E-state index in [1.54, 1.807) is 0 Å². The van der Waals surface area contributed by atoms with Crippen LogP contribution >= 0.6 is 46.5 Å². The molecule has 0 spiro atoms. The summed E-state index contributed by atoms with van der Waals surface area (Å²) >= 11 is 0. The zero-order valence-electron chi connectivity index (χ0n) is 62.5. The van der Waals surface area contributed by atoms with Crippen molar-refractivity contribution in [3.63, 3.8) is 0 Å². The Balaban J connectivity index is 0.703. The lowest BCUT2D eigenvalue weighted by Gasteiger charge is -2.36. The molecule has 0 amide bonds. The number of phosphoric acid groups is 4. The number of hydrogen-bond acceptors (Lipinski definition) is 50. The van der Waals surface area contributed by atoms with Crippen LogP contribution in [0.2, 0.25) is 0 Å². The molecular weight excluding hydrogens is 1820 g/mol. The molecule has 125 heavy (non-hydrogen) atoms. The summed E-state index contributed by atoms with van der Waals surface area (Å²) in [7, 11) is -36.4. The van der Waals surface area contributed by atoms with Gasteiger partial charge < -0.3 is 152 Å². The Kier molecular flexibility index (Phi) is 25.9. The fraction of sp³-hybridized carbons (Fsp3) is 0.536. The van der Waals surface area contributed by atoms with Crippen LogP contribution in [0.4, 0.5) is 34.9 Å². The summed E-state index contributed by atoms with van der Waals surface area (Å²) in [5.41, 5.74) is 28.7. The molecule has 0 aromatic carbocycles. The van der Waals surface area contributed by atoms with Crippen molar-refractivity contribution in [2.75, 3.05) is 74.0 Å². The number of anilines is 6. The fourth-order valence-corrected chi connectivity index (χ4v) is 20.3. The molecule has 8 aromatic rings. The smallest absolute Gasteiger partial charge is 0.387 e. The summed E-state index contributed by atoms with van der Waals surface area (Å²) in [4.78, 5) is 168. The van der Waals surface area contributed by atoms with E-state index in [0.29, 0.717) is 18.3 Å². The minimum absolute atomic E-state index is 0.0265. The highest BCUT2D eigenvalue weighted by molar-refractivity contribution is 7.55. The van der Waals surface area contributed by atoms with Crippen molar-refractivity contribution in [3.05, 3.63) is 116 Å². The highest BCUT2D eigenvalue weighted by atomic mass is 31.2. The number of ether oxygens (including phenoxy) is 6. The standard InChI is InChI=1S/C56H74N22O41P6/c57-25-1-5-73(51(86)69-25)46-33(81)36(20(112-46)10-105-120(92,93)55(90)23(115-49(39(55)84)76-8-4-28(60)72-54(76)89)13-106-121(94,95)56(91)24(14-107-122(96,97)98)116-50(40(56)85)78-18-68-30-42(62)64-16-66-44(30)78)117-124(101,102)109-12-22-38(35(83)48(114-22)75-7-3-27(59)71-53(75)88)119-125(103,104)110-11-21-37(34(82)47(113-21)74-6-2-26(58)70-52(74)87)118-123(99,100)108-9-19-31(79)32(80)45(111-19)77-17-67-29-41(61)63-15-65-43(29)77/h1-8,15-24,31-40,45-50,79-85,90-91H,9-14H2,(H,92,93)(H,94,95)(H,99,100)(H,101,102)(H,103,104)(H2,57,69,86)(H2,58,70,87)(H2,59,71,88)(H2,60,72,89)(H2,61,63,65)(H2,62,64,66)(H2,96,97,98)/t19-,20-,21-,22-,23-,24-,31-,32-,33-,34-,35-,36-,37-,38-,39+,40+,45-,46-,47-,48-,49-,50-,55+,56+/m1/s1. The molecule has 28 N–H and O–H groups in total. The Bertz CT molecular complexity index is 5960. The second-order valence-corrected chi connectivity index (χ2v) is 37.4. The number of rotatable bonds is 32. The van der Waals surface area contributed by atoms with Crippen LogP contribution in [0, 0.1) is 0 Å². The highest BCUT2D eigenvalue weighted by Gasteiger charge is 2.71. The van der Waals surface area contributed by atoms with Crippen molar-refractivity contribution in [2.24, 2.45) is 0 Å². The summed E-state index contributed by atoms with van der Waals surface area (Å²) < 4.78 is 169. The maximum atomic E-state index is 15.1. The third-order valence-corrected chi connectivity index (χ3v) is 27.5. The van der Waals surface area contributed by atoms with Gasteiger partial charge in [0.05, 0.1) is 52.3 Å². The Morgan fingerprint density at radius 1 is 0.360 bits per heavy atom. The molecule has 0 bridgehead atoms. The van der Waals surface area contributed by atoms with E-state index < -0.39 is 272 Å². The molecule has 6 aliphatic rings. The number of hydrogen-bond donors (Lipinski definition) is 22. The molecule has 63 nitrogen and oxygen atoms in total. The summed E-state index contributed by atoms with van der Waals surface area (Å²) in [5, 5.41) is 98.2. The largest absolute Gasteiger partial charge is 0.472 e. The van der Waals surface area contributed by atoms with Gasteiger partial charge in [-0.15, -0.1) is 0 Å². The number of phosphoric ester groups is 4. The molecule has 5 unspecified atom stereocenters. The van der Waals surface area contributed by atoms with Crippen molar-refractivity contribution < 1.29 is 177 Å². The number of aliphatic hydroxyl groups is 9. The van der Waals surface area contributed by atoms with Crippen LogP contribution in [0.3, 0.4) is 0 Å². The second kappa shape index (κ2) is 34.9. The number of aromatic nitrogens is 16. The van der Waals surface area contributed by atoms with Crippen molar-refractivity contribution in [2.45, 2.75) is 146 Å². The first-order valence-corrected chi connectivity index (χ1v) is 44.7. The number of nitrogens with two attached hydrogens (primary N) is 6. The van der Waals surface area contributed by atoms with Crippen LogP contribution in [-0.2, 0) is 96.5 Å². The minimum Gasteiger partial charge on any atom is -0.387 e. The lowest BCUT2D eigenvalue weighted by atomic mass is 10.1. The number of aliphatic hydroxyl groups excluding tert-OH is 7. The Labute approximate surface area is 691 Å². The molecule has 0 aliphatic carbocycles. The van der Waals surface area contributed by atoms with Gasteiger partial charge in [-0.05, 0) is 24.3 Å². The van der Waals surface area contributed by atoms with E-state index >= 15 is 4.57 Å². The van der Waals surface area contributed by atoms with Gasteiger partial charge in [0.15, 0.2) is 60.3 Å². The maximum Gasteiger partial charge on any atom is 0.472 e. The van der Waals surface area contributed by atoms with Gasteiger partial charge in [-0.2, -0.15) is 19.9 Å². The predicted molar refractivity (Wildman–Crippen MR) is 398 cm³/mol. The van der Waals surface area contributed by atoms with E-state index in [-0.39, 0.29) is 39.8 Å². The summed E-state index contributed by atoms with van der Waals surface area (Å²) in [6.07, 6.45) is -43.3. The average Bonchev–Trinajstić information content (AvgIpc) is 1.57. The fourth-order valence-electron chi connectivity index (χ4n) is 14.0. The normalized spacial score (nSPS) is 33.8. The third kappa shape index (κ3) is 18.1. The number of nitrogens with zero attached hydrogens (tertiary/aromatic N) is 16. The molecule has 684 valence electrons. The lowest BCUT2D eigenvalue weighted by Crippen LogP contribution is -2.52. The van der Waals surface area contributed by atoms with Crippen molar-refractivity contribution in [1.82, 2.24) is 77.2 Å². The SMILES string of the molecule is Nc1ccn([C@@H]2O[C@H](COP(=O)(O)O[C@H]3[C@@H](O)[C@H](n4ccc(N)nc4=O)O[C@@H]3COP(=O)(O)O[C@H]3[C@@H](O)[C@H](n4ccc(N)nc4=O)O[C@@H]3COP(=O)(O)[C@@]3(O)[C@@H](COP(=O)(O)[C@@]4(O)[C@@H](COP(=O)(O)O)O[C@@H](n5cnc6c(N)ncnc65)[C@@H]4O)O[C@@H](n4ccc(N)nc4=O)[C@@H]3O)[C@@H](OP(=O)(O)OC[C@H]3O[C@@H](n4cnc5c(N)ncnc54)[C@H](O)[C@@H]3O)[C@H]2O)c(=O)n1. The first-order valence-electron chi connectivity index (χ1n) is 35.5. The van der Waals surface area contributed by atoms with Crippen molar-refractivity contribution >= 4 is 104 Å². The molecule has 29 atom stereocenters. The van der Waals surface area contributed by atoms with Crippen LogP contribution in [0.15, 0.2) is 93.5 Å². The van der Waals surface area contributed by atoms with E-state index in [0.717, 1.165) is 83.5 Å². The van der Waals surface area contributed by atoms with Gasteiger partial charge >= 0.3 is 69.2 Å². The van der Waals surface area contributed by atoms with Gasteiger partial charge in [0.2, 0.25) is 10.7 Å². The molecule has 6 saturated heterocycles. The zero-order valence-corrected chi connectivity index (χ0v) is 67.9. The molecule has 69 heteroatoms. The predicted octanol–water partition coefficient (Wildman–Crippen LogP) is -9.51. The molecule has 6 fully saturated rings. The van der Waals surface area contributed by atoms with Crippen LogP contribution in [0.25, 0.3) is 22.3 Å². The zero-order chi connectivity index (χ0) is 90.7. The maximum absolute atomic E-state index is 15.1. The minimum atomic E-state index is -6.54. The Morgan fingerprint density at radius 2 is 0.656 bits per heavy atom. The van der Waals surface area contributed by atoms with Gasteiger partial charge in [-0.1, -0.05) is 0 Å². The van der Waals surface area contributed by atoms with Crippen LogP contribution in [-0.4, -0.2) is 305 Å². The number of fused-ring (bicyclic) bond motifs is 2. The van der Waals surface area contributed by atoms with Crippen molar-refractivity contribution in [3.8, 4) is 0 Å². The lowest BCUT2D eigenvalue weighted by molar-refractivity contribution is -0.0789. The molecule has 8 aromatic heterocycles. The number of imidazole rings is 2.